The number of hydrogen-bond acceptors (Lipinski definition) is 5. The SMILES string of the molecule is C1CNNN1.FC(F)F.c1ccc2nccnc2c1. The number of hydrazine groups is 2. The zero-order valence-corrected chi connectivity index (χ0v) is 9.98. The molecule has 19 heavy (non-hydrogen) atoms. The number of nitrogens with one attached hydrogen (secondary N) is 3. The van der Waals surface area contributed by atoms with Crippen LogP contribution in [0, 0.1) is 0 Å². The van der Waals surface area contributed by atoms with Gasteiger partial charge in [0, 0.05) is 25.5 Å². The summed E-state index contributed by atoms with van der Waals surface area (Å²) in [5.74, 6) is 0. The summed E-state index contributed by atoms with van der Waals surface area (Å²) in [4.78, 5) is 8.24. The number of benzene rings is 1. The Morgan fingerprint density at radius 1 is 0.895 bits per heavy atom. The molecule has 104 valence electrons. The number of halogens is 3. The number of para-hydroxylation sites is 2. The summed E-state index contributed by atoms with van der Waals surface area (Å²) in [5, 5.41) is 0. The molecule has 0 bridgehead atoms. The summed E-state index contributed by atoms with van der Waals surface area (Å²) < 4.78 is 29.0. The zero-order valence-electron chi connectivity index (χ0n) is 9.98. The standard InChI is InChI=1S/C8H6N2.C2H7N3.CHF3/c1-2-4-8-7(3-1)9-5-6-10-8;1-2-4-5-3-1;2-1(3)4/h1-6H;3-5H,1-2H2;1H. The van der Waals surface area contributed by atoms with Crippen molar-refractivity contribution < 1.29 is 13.2 Å². The number of rotatable bonds is 0. The van der Waals surface area contributed by atoms with Crippen LogP contribution in [0.1, 0.15) is 0 Å². The van der Waals surface area contributed by atoms with E-state index in [-0.39, 0.29) is 0 Å². The highest BCUT2D eigenvalue weighted by Gasteiger charge is 1.89. The number of fused-ring (bicyclic) bond motifs is 1. The molecule has 0 saturated carbocycles. The highest BCUT2D eigenvalue weighted by Crippen LogP contribution is 2.04. The predicted octanol–water partition coefficient (Wildman–Crippen LogP) is 1.41. The Kier molecular flexibility index (Phi) is 7.40. The fraction of sp³-hybridized carbons (Fsp3) is 0.273. The molecule has 2 aromatic rings. The minimum Gasteiger partial charge on any atom is -0.253 e. The van der Waals surface area contributed by atoms with E-state index in [1.54, 1.807) is 12.4 Å². The maximum Gasteiger partial charge on any atom is 0.379 e. The van der Waals surface area contributed by atoms with Crippen molar-refractivity contribution in [2.75, 3.05) is 13.1 Å². The van der Waals surface area contributed by atoms with Crippen LogP contribution < -0.4 is 16.4 Å². The molecular formula is C11H14F3N5. The lowest BCUT2D eigenvalue weighted by atomic mass is 10.3. The molecule has 1 aromatic heterocycles. The summed E-state index contributed by atoms with van der Waals surface area (Å²) >= 11 is 0. The molecule has 5 nitrogen and oxygen atoms in total. The van der Waals surface area contributed by atoms with Gasteiger partial charge in [-0.2, -0.15) is 18.7 Å². The molecule has 8 heteroatoms. The van der Waals surface area contributed by atoms with E-state index in [1.165, 1.54) is 0 Å². The van der Waals surface area contributed by atoms with Crippen molar-refractivity contribution in [3.05, 3.63) is 36.7 Å². The first-order chi connectivity index (χ1) is 9.20. The van der Waals surface area contributed by atoms with Crippen molar-refractivity contribution in [3.63, 3.8) is 0 Å². The van der Waals surface area contributed by atoms with E-state index in [2.05, 4.69) is 26.4 Å². The van der Waals surface area contributed by atoms with Crippen molar-refractivity contribution in [1.29, 1.82) is 0 Å². The second-order valence-corrected chi connectivity index (χ2v) is 3.27. The van der Waals surface area contributed by atoms with Gasteiger partial charge in [-0.15, -0.1) is 0 Å². The van der Waals surface area contributed by atoms with Crippen LogP contribution in [0.15, 0.2) is 36.7 Å². The van der Waals surface area contributed by atoms with Gasteiger partial charge in [-0.3, -0.25) is 9.97 Å². The molecular weight excluding hydrogens is 259 g/mol. The number of aromatic nitrogens is 2. The molecule has 0 atom stereocenters. The van der Waals surface area contributed by atoms with Gasteiger partial charge in [0.25, 0.3) is 0 Å². The van der Waals surface area contributed by atoms with Crippen molar-refractivity contribution in [3.8, 4) is 0 Å². The van der Waals surface area contributed by atoms with E-state index in [9.17, 15) is 13.2 Å². The van der Waals surface area contributed by atoms with E-state index in [0.29, 0.717) is 0 Å². The molecule has 3 N–H and O–H groups in total. The molecule has 0 spiro atoms. The first kappa shape index (κ1) is 15.3. The molecule has 1 saturated heterocycles. The van der Waals surface area contributed by atoms with Crippen LogP contribution >= 0.6 is 0 Å². The van der Waals surface area contributed by atoms with Gasteiger partial charge in [0.05, 0.1) is 11.0 Å². The fourth-order valence-corrected chi connectivity index (χ4v) is 1.22. The van der Waals surface area contributed by atoms with Gasteiger partial charge in [0.15, 0.2) is 0 Å². The van der Waals surface area contributed by atoms with Gasteiger partial charge in [-0.05, 0) is 12.1 Å². The summed E-state index contributed by atoms with van der Waals surface area (Å²) in [5.41, 5.74) is 10.3. The number of alkyl halides is 3. The van der Waals surface area contributed by atoms with Gasteiger partial charge in [-0.1, -0.05) is 12.1 Å². The van der Waals surface area contributed by atoms with Gasteiger partial charge in [0.1, 0.15) is 0 Å². The van der Waals surface area contributed by atoms with Crippen LogP contribution in [0.4, 0.5) is 13.2 Å². The van der Waals surface area contributed by atoms with Crippen LogP contribution in [0.3, 0.4) is 0 Å². The minimum absolute atomic E-state index is 0.949. The first-order valence-electron chi connectivity index (χ1n) is 5.49. The van der Waals surface area contributed by atoms with Crippen molar-refractivity contribution in [1.82, 2.24) is 26.4 Å². The molecule has 1 aromatic carbocycles. The highest BCUT2D eigenvalue weighted by atomic mass is 19.4. The Hall–Kier alpha value is -1.77. The Bertz CT molecular complexity index is 389. The lowest BCUT2D eigenvalue weighted by molar-refractivity contribution is 0.00819. The van der Waals surface area contributed by atoms with E-state index in [0.717, 1.165) is 24.1 Å². The van der Waals surface area contributed by atoms with E-state index < -0.39 is 6.68 Å². The molecule has 1 fully saturated rings. The lowest BCUT2D eigenvalue weighted by Crippen LogP contribution is -2.29. The molecule has 0 unspecified atom stereocenters. The fourth-order valence-electron chi connectivity index (χ4n) is 1.22. The Balaban J connectivity index is 0.000000169. The molecule has 2 heterocycles. The van der Waals surface area contributed by atoms with Crippen LogP contribution in [-0.4, -0.2) is 29.7 Å². The van der Waals surface area contributed by atoms with Gasteiger partial charge < -0.3 is 0 Å². The van der Waals surface area contributed by atoms with Crippen LogP contribution in [0.25, 0.3) is 11.0 Å². The first-order valence-corrected chi connectivity index (χ1v) is 5.49. The van der Waals surface area contributed by atoms with Gasteiger partial charge in [0.2, 0.25) is 0 Å². The Morgan fingerprint density at radius 3 is 1.63 bits per heavy atom. The third kappa shape index (κ3) is 7.29. The van der Waals surface area contributed by atoms with Crippen LogP contribution in [0.5, 0.6) is 0 Å². The molecule has 3 rings (SSSR count). The average molecular weight is 273 g/mol. The second kappa shape index (κ2) is 9.20. The monoisotopic (exact) mass is 273 g/mol. The molecule has 1 aliphatic heterocycles. The number of hydrogen-bond donors (Lipinski definition) is 3. The summed E-state index contributed by atoms with van der Waals surface area (Å²) in [6.45, 7) is -1.61. The topological polar surface area (TPSA) is 61.9 Å². The summed E-state index contributed by atoms with van der Waals surface area (Å²) in [6, 6.07) is 7.80. The third-order valence-corrected chi connectivity index (χ3v) is 1.93. The Labute approximate surface area is 108 Å². The maximum atomic E-state index is 9.67. The average Bonchev–Trinajstić information content (AvgIpc) is 2.97. The lowest BCUT2D eigenvalue weighted by Gasteiger charge is -1.90. The van der Waals surface area contributed by atoms with E-state index in [4.69, 9.17) is 0 Å². The van der Waals surface area contributed by atoms with Crippen molar-refractivity contribution in [2.24, 2.45) is 0 Å². The van der Waals surface area contributed by atoms with Crippen LogP contribution in [0.2, 0.25) is 0 Å². The third-order valence-electron chi connectivity index (χ3n) is 1.93. The normalized spacial score (nSPS) is 13.5. The number of nitrogens with zero attached hydrogens (tertiary/aromatic N) is 2. The largest absolute Gasteiger partial charge is 0.379 e. The quantitative estimate of drug-likeness (QED) is 0.677. The van der Waals surface area contributed by atoms with Crippen LogP contribution in [-0.2, 0) is 0 Å². The van der Waals surface area contributed by atoms with Crippen molar-refractivity contribution >= 4 is 11.0 Å². The zero-order chi connectivity index (χ0) is 13.9. The molecule has 0 amide bonds. The Morgan fingerprint density at radius 2 is 1.32 bits per heavy atom. The molecule has 0 aliphatic carbocycles. The van der Waals surface area contributed by atoms with Gasteiger partial charge in [-0.25, -0.2) is 10.9 Å². The van der Waals surface area contributed by atoms with E-state index >= 15 is 0 Å². The van der Waals surface area contributed by atoms with Crippen molar-refractivity contribution in [2.45, 2.75) is 6.68 Å². The summed E-state index contributed by atoms with van der Waals surface area (Å²) in [6.07, 6.45) is 3.39. The smallest absolute Gasteiger partial charge is 0.253 e. The summed E-state index contributed by atoms with van der Waals surface area (Å²) in [7, 11) is 0. The molecule has 1 aliphatic rings. The highest BCUT2D eigenvalue weighted by molar-refractivity contribution is 5.72. The second-order valence-electron chi connectivity index (χ2n) is 3.27. The van der Waals surface area contributed by atoms with E-state index in [1.807, 2.05) is 24.3 Å². The van der Waals surface area contributed by atoms with Gasteiger partial charge >= 0.3 is 6.68 Å². The minimum atomic E-state index is -3.67. The predicted molar refractivity (Wildman–Crippen MR) is 65.8 cm³/mol. The maximum absolute atomic E-state index is 9.67. The molecule has 0 radical (unpaired) electrons.